The third-order valence-electron chi connectivity index (χ3n) is 5.40. The summed E-state index contributed by atoms with van der Waals surface area (Å²) >= 11 is 0. The number of carbonyl (C=O) groups is 2. The molecule has 4 aromatic carbocycles. The maximum absolute atomic E-state index is 12.1. The lowest BCUT2D eigenvalue weighted by Crippen LogP contribution is -2.02. The number of hydrogen-bond donors (Lipinski definition) is 2. The number of carboxylic acids is 2. The second-order valence-electron chi connectivity index (χ2n) is 7.67. The molecule has 0 aliphatic rings. The van der Waals surface area contributed by atoms with Gasteiger partial charge in [-0.2, -0.15) is 0 Å². The van der Waals surface area contributed by atoms with Gasteiger partial charge in [-0.05, 0) is 58.7 Å². The molecule has 8 heteroatoms. The molecule has 0 radical (unpaired) electrons. The van der Waals surface area contributed by atoms with Crippen LogP contribution in [-0.2, 0) is 6.61 Å². The monoisotopic (exact) mass is 469 g/mol. The Morgan fingerprint density at radius 3 is 1.80 bits per heavy atom. The summed E-state index contributed by atoms with van der Waals surface area (Å²) in [4.78, 5) is 34.1. The van der Waals surface area contributed by atoms with Gasteiger partial charge in [-0.25, -0.2) is 9.59 Å². The van der Waals surface area contributed by atoms with Crippen LogP contribution in [0.25, 0.3) is 22.3 Å². The van der Waals surface area contributed by atoms with Crippen LogP contribution >= 0.6 is 0 Å². The van der Waals surface area contributed by atoms with Gasteiger partial charge in [0, 0.05) is 0 Å². The van der Waals surface area contributed by atoms with Gasteiger partial charge in [-0.15, -0.1) is 0 Å². The van der Waals surface area contributed by atoms with Crippen LogP contribution in [0.5, 0.6) is 5.75 Å². The molecule has 0 aliphatic carbocycles. The van der Waals surface area contributed by atoms with E-state index in [1.54, 1.807) is 24.3 Å². The third-order valence-corrected chi connectivity index (χ3v) is 5.40. The molecule has 0 heterocycles. The van der Waals surface area contributed by atoms with Crippen LogP contribution in [0.4, 0.5) is 5.69 Å². The smallest absolute Gasteiger partial charge is 0.335 e. The lowest BCUT2D eigenvalue weighted by molar-refractivity contribution is -0.385. The van der Waals surface area contributed by atoms with Gasteiger partial charge in [-0.1, -0.05) is 54.6 Å². The first kappa shape index (κ1) is 23.2. The Morgan fingerprint density at radius 2 is 1.29 bits per heavy atom. The van der Waals surface area contributed by atoms with E-state index >= 15 is 0 Å². The predicted molar refractivity (Wildman–Crippen MR) is 129 cm³/mol. The van der Waals surface area contributed by atoms with E-state index in [1.165, 1.54) is 36.4 Å². The number of carboxylic acid groups (broad SMARTS) is 2. The van der Waals surface area contributed by atoms with Crippen LogP contribution < -0.4 is 4.74 Å². The Balaban J connectivity index is 1.86. The zero-order valence-corrected chi connectivity index (χ0v) is 18.3. The summed E-state index contributed by atoms with van der Waals surface area (Å²) in [6, 6.07) is 24.2. The molecule has 35 heavy (non-hydrogen) atoms. The van der Waals surface area contributed by atoms with Crippen LogP contribution in [0.3, 0.4) is 0 Å². The minimum Gasteiger partial charge on any atom is -0.482 e. The molecule has 2 N–H and O–H groups in total. The number of ether oxygens (including phenoxy) is 1. The quantitative estimate of drug-likeness (QED) is 0.243. The van der Waals surface area contributed by atoms with Crippen molar-refractivity contribution in [2.75, 3.05) is 0 Å². The van der Waals surface area contributed by atoms with Crippen LogP contribution in [0.15, 0.2) is 91.0 Å². The molecule has 4 aromatic rings. The van der Waals surface area contributed by atoms with Crippen molar-refractivity contribution in [2.45, 2.75) is 6.61 Å². The first-order valence-electron chi connectivity index (χ1n) is 10.5. The zero-order chi connectivity index (χ0) is 24.9. The van der Waals surface area contributed by atoms with Gasteiger partial charge in [0.05, 0.1) is 21.6 Å². The van der Waals surface area contributed by atoms with Gasteiger partial charge in [0.25, 0.3) is 0 Å². The molecular weight excluding hydrogens is 450 g/mol. The Hall–Kier alpha value is -4.98. The highest BCUT2D eigenvalue weighted by atomic mass is 16.6. The summed E-state index contributed by atoms with van der Waals surface area (Å²) in [6.07, 6.45) is 0. The summed E-state index contributed by atoms with van der Waals surface area (Å²) < 4.78 is 5.90. The van der Waals surface area contributed by atoms with E-state index < -0.39 is 16.9 Å². The molecule has 4 rings (SSSR count). The average Bonchev–Trinajstić information content (AvgIpc) is 2.87. The summed E-state index contributed by atoms with van der Waals surface area (Å²) in [7, 11) is 0. The largest absolute Gasteiger partial charge is 0.482 e. The molecule has 0 atom stereocenters. The lowest BCUT2D eigenvalue weighted by Gasteiger charge is -2.14. The first-order chi connectivity index (χ1) is 16.8. The normalized spacial score (nSPS) is 10.5. The van der Waals surface area contributed by atoms with Gasteiger partial charge >= 0.3 is 17.6 Å². The third kappa shape index (κ3) is 5.17. The van der Waals surface area contributed by atoms with Crippen molar-refractivity contribution < 1.29 is 29.5 Å². The molecule has 0 aromatic heterocycles. The van der Waals surface area contributed by atoms with Crippen LogP contribution in [-0.4, -0.2) is 27.1 Å². The van der Waals surface area contributed by atoms with E-state index in [0.717, 1.165) is 5.56 Å². The van der Waals surface area contributed by atoms with Gasteiger partial charge in [-0.3, -0.25) is 10.1 Å². The summed E-state index contributed by atoms with van der Waals surface area (Å²) in [5, 5.41) is 30.5. The maximum Gasteiger partial charge on any atom is 0.335 e. The number of rotatable bonds is 8. The van der Waals surface area contributed by atoms with E-state index in [-0.39, 0.29) is 34.7 Å². The van der Waals surface area contributed by atoms with Crippen LogP contribution in [0.1, 0.15) is 26.3 Å². The highest BCUT2D eigenvalue weighted by Gasteiger charge is 2.25. The van der Waals surface area contributed by atoms with E-state index in [0.29, 0.717) is 16.7 Å². The number of nitro benzene ring substituents is 1. The lowest BCUT2D eigenvalue weighted by atomic mass is 9.95. The molecule has 0 bridgehead atoms. The van der Waals surface area contributed by atoms with Crippen molar-refractivity contribution in [1.29, 1.82) is 0 Å². The fourth-order valence-corrected chi connectivity index (χ4v) is 3.63. The molecule has 0 saturated carbocycles. The van der Waals surface area contributed by atoms with Crippen LogP contribution in [0, 0.1) is 10.1 Å². The summed E-state index contributed by atoms with van der Waals surface area (Å²) in [5.41, 5.74) is 2.63. The van der Waals surface area contributed by atoms with Gasteiger partial charge in [0.2, 0.25) is 0 Å². The summed E-state index contributed by atoms with van der Waals surface area (Å²) in [5.74, 6) is -2.13. The molecule has 0 amide bonds. The van der Waals surface area contributed by atoms with Crippen molar-refractivity contribution in [3.8, 4) is 28.0 Å². The zero-order valence-electron chi connectivity index (χ0n) is 18.3. The minimum atomic E-state index is -1.11. The molecule has 8 nitrogen and oxygen atoms in total. The van der Waals surface area contributed by atoms with Crippen molar-refractivity contribution in [2.24, 2.45) is 0 Å². The second kappa shape index (κ2) is 9.88. The molecule has 0 unspecified atom stereocenters. The Morgan fingerprint density at radius 1 is 0.743 bits per heavy atom. The van der Waals surface area contributed by atoms with E-state index in [2.05, 4.69) is 0 Å². The number of hydrogen-bond acceptors (Lipinski definition) is 5. The molecule has 0 spiro atoms. The number of aromatic carboxylic acids is 2. The fraction of sp³-hybridized carbons (Fsp3) is 0.0370. The molecule has 0 saturated heterocycles. The molecular formula is C27H19NO7. The van der Waals surface area contributed by atoms with Crippen molar-refractivity contribution in [3.63, 3.8) is 0 Å². The Kier molecular flexibility index (Phi) is 6.55. The first-order valence-corrected chi connectivity index (χ1v) is 10.5. The van der Waals surface area contributed by atoms with Gasteiger partial charge < -0.3 is 14.9 Å². The molecule has 0 fully saturated rings. The van der Waals surface area contributed by atoms with Crippen molar-refractivity contribution in [1.82, 2.24) is 0 Å². The number of benzene rings is 4. The van der Waals surface area contributed by atoms with Gasteiger partial charge in [0.1, 0.15) is 6.61 Å². The highest BCUT2D eigenvalue weighted by molar-refractivity contribution is 5.90. The minimum absolute atomic E-state index is 0.0379. The standard InChI is InChI=1S/C27H19NO7/c29-26(30)20-10-6-18(7-11-20)22-14-23(19-8-12-21(13-9-19)27(31)32)25(28(33)34)24(15-22)35-16-17-4-2-1-3-5-17/h1-15H,16H2,(H,29,30)(H,31,32). The second-order valence-corrected chi connectivity index (χ2v) is 7.67. The highest BCUT2D eigenvalue weighted by Crippen LogP contribution is 2.42. The van der Waals surface area contributed by atoms with E-state index in [9.17, 15) is 29.9 Å². The Bertz CT molecular complexity index is 1400. The van der Waals surface area contributed by atoms with Crippen LogP contribution in [0.2, 0.25) is 0 Å². The molecule has 174 valence electrons. The van der Waals surface area contributed by atoms with E-state index in [1.807, 2.05) is 30.3 Å². The van der Waals surface area contributed by atoms with E-state index in [4.69, 9.17) is 4.74 Å². The maximum atomic E-state index is 12.1. The fourth-order valence-electron chi connectivity index (χ4n) is 3.63. The molecule has 0 aliphatic heterocycles. The SMILES string of the molecule is O=C(O)c1ccc(-c2cc(OCc3ccccc3)c([N+](=O)[O-])c(-c3ccc(C(=O)O)cc3)c2)cc1. The van der Waals surface area contributed by atoms with Gasteiger partial charge in [0.15, 0.2) is 5.75 Å². The number of nitro groups is 1. The average molecular weight is 469 g/mol. The van der Waals surface area contributed by atoms with Crippen molar-refractivity contribution >= 4 is 17.6 Å². The predicted octanol–water partition coefficient (Wildman–Crippen LogP) is 5.90. The summed E-state index contributed by atoms with van der Waals surface area (Å²) in [6.45, 7) is 0.0977. The topological polar surface area (TPSA) is 127 Å². The van der Waals surface area contributed by atoms with Crippen molar-refractivity contribution in [3.05, 3.63) is 118 Å². The number of nitrogens with zero attached hydrogens (tertiary/aromatic N) is 1. The Labute approximate surface area is 199 Å².